The molecule has 6 nitrogen and oxygen atoms in total. The van der Waals surface area contributed by atoms with Crippen molar-refractivity contribution in [1.29, 1.82) is 0 Å². The fourth-order valence-electron chi connectivity index (χ4n) is 4.12. The molecule has 2 aromatic heterocycles. The maximum atomic E-state index is 12.7. The molecule has 0 spiro atoms. The molecule has 2 amide bonds. The summed E-state index contributed by atoms with van der Waals surface area (Å²) in [5.74, 6) is 0.151. The summed E-state index contributed by atoms with van der Waals surface area (Å²) >= 11 is 4.79. The fourth-order valence-corrected chi connectivity index (χ4v) is 6.75. The maximum Gasteiger partial charge on any atom is 0.261 e. The molecule has 5 rings (SSSR count). The Bertz CT molecular complexity index is 1210. The Kier molecular flexibility index (Phi) is 5.77. The lowest BCUT2D eigenvalue weighted by molar-refractivity contribution is -0.0543. The van der Waals surface area contributed by atoms with Crippen LogP contribution in [-0.2, 0) is 17.8 Å². The van der Waals surface area contributed by atoms with Gasteiger partial charge in [0.2, 0.25) is 0 Å². The summed E-state index contributed by atoms with van der Waals surface area (Å²) in [6, 6.07) is 7.01. The van der Waals surface area contributed by atoms with Gasteiger partial charge in [0.25, 0.3) is 11.8 Å². The van der Waals surface area contributed by atoms with E-state index in [1.165, 1.54) is 27.1 Å². The zero-order valence-corrected chi connectivity index (χ0v) is 20.6. The molecule has 0 aliphatic carbocycles. The molecule has 32 heavy (non-hydrogen) atoms. The number of fused-ring (bicyclic) bond motifs is 4. The lowest BCUT2D eigenvalue weighted by Gasteiger charge is -2.33. The first kappa shape index (κ1) is 21.9. The van der Waals surface area contributed by atoms with Crippen molar-refractivity contribution in [2.24, 2.45) is 0 Å². The highest BCUT2D eigenvalue weighted by atomic mass is 32.2. The van der Waals surface area contributed by atoms with Gasteiger partial charge in [-0.3, -0.25) is 14.5 Å². The number of nitrogens with zero attached hydrogens (tertiary/aromatic N) is 3. The van der Waals surface area contributed by atoms with Crippen molar-refractivity contribution in [3.05, 3.63) is 45.8 Å². The number of amides is 2. The molecular weight excluding hydrogens is 462 g/mol. The van der Waals surface area contributed by atoms with Crippen molar-refractivity contribution < 1.29 is 14.3 Å². The Hall–Kier alpha value is -1.94. The molecule has 4 heterocycles. The predicted molar refractivity (Wildman–Crippen MR) is 129 cm³/mol. The molecule has 0 saturated carbocycles. The van der Waals surface area contributed by atoms with Crippen LogP contribution in [0, 0.1) is 0 Å². The average Bonchev–Trinajstić information content (AvgIpc) is 3.29. The van der Waals surface area contributed by atoms with Crippen LogP contribution in [0.2, 0.25) is 0 Å². The maximum absolute atomic E-state index is 12.7. The third-order valence-corrected chi connectivity index (χ3v) is 8.75. The third kappa shape index (κ3) is 3.65. The molecule has 9 heteroatoms. The van der Waals surface area contributed by atoms with E-state index in [1.807, 2.05) is 6.26 Å². The lowest BCUT2D eigenvalue weighted by Crippen LogP contribution is -2.34. The fraction of sp³-hybridized carbons (Fsp3) is 0.391. The smallest absolute Gasteiger partial charge is 0.261 e. The van der Waals surface area contributed by atoms with Gasteiger partial charge < -0.3 is 4.74 Å². The van der Waals surface area contributed by atoms with Crippen LogP contribution in [0.25, 0.3) is 10.2 Å². The first-order valence-electron chi connectivity index (χ1n) is 10.5. The average molecular weight is 486 g/mol. The molecular formula is C23H23N3O3S3. The lowest BCUT2D eigenvalue weighted by atomic mass is 9.90. The molecule has 1 atom stereocenters. The quantitative estimate of drug-likeness (QED) is 0.210. The Morgan fingerprint density at radius 3 is 2.56 bits per heavy atom. The Morgan fingerprint density at radius 2 is 1.91 bits per heavy atom. The molecule has 0 unspecified atom stereocenters. The normalized spacial score (nSPS) is 20.2. The first-order valence-corrected chi connectivity index (χ1v) is 13.5. The van der Waals surface area contributed by atoms with Crippen LogP contribution in [0.1, 0.15) is 51.4 Å². The number of aromatic nitrogens is 2. The van der Waals surface area contributed by atoms with E-state index in [9.17, 15) is 9.59 Å². The number of carbonyl (C=O) groups excluding carboxylic acids is 2. The SMILES string of the molecule is CC[C@]1(C)Cc2c(sc3nc(SC)nc(SCCN4C(=O)c5ccccc5C4=O)c23)CO1. The number of carbonyl (C=O) groups is 2. The van der Waals surface area contributed by atoms with Crippen molar-refractivity contribution in [2.45, 2.75) is 49.1 Å². The molecule has 0 bridgehead atoms. The number of thiophene rings is 1. The van der Waals surface area contributed by atoms with E-state index in [1.54, 1.807) is 47.4 Å². The number of rotatable bonds is 6. The summed E-state index contributed by atoms with van der Waals surface area (Å²) in [7, 11) is 0. The van der Waals surface area contributed by atoms with E-state index >= 15 is 0 Å². The van der Waals surface area contributed by atoms with Gasteiger partial charge in [-0.25, -0.2) is 9.97 Å². The van der Waals surface area contributed by atoms with E-state index in [2.05, 4.69) is 13.8 Å². The Labute approximate surface area is 199 Å². The number of imide groups is 1. The first-order chi connectivity index (χ1) is 15.4. The summed E-state index contributed by atoms with van der Waals surface area (Å²) in [5.41, 5.74) is 2.09. The van der Waals surface area contributed by atoms with E-state index in [4.69, 9.17) is 14.7 Å². The van der Waals surface area contributed by atoms with E-state index in [0.29, 0.717) is 30.0 Å². The molecule has 2 aliphatic rings. The van der Waals surface area contributed by atoms with Gasteiger partial charge in [-0.15, -0.1) is 23.1 Å². The number of benzene rings is 1. The van der Waals surface area contributed by atoms with Crippen LogP contribution in [0.3, 0.4) is 0 Å². The van der Waals surface area contributed by atoms with Crippen molar-refractivity contribution in [2.75, 3.05) is 18.6 Å². The van der Waals surface area contributed by atoms with Gasteiger partial charge in [0, 0.05) is 29.0 Å². The molecule has 0 saturated heterocycles. The van der Waals surface area contributed by atoms with Gasteiger partial charge in [0.05, 0.1) is 23.3 Å². The summed E-state index contributed by atoms with van der Waals surface area (Å²) in [6.45, 7) is 5.26. The minimum atomic E-state index is -0.215. The summed E-state index contributed by atoms with van der Waals surface area (Å²) in [6.07, 6.45) is 3.75. The third-order valence-electron chi connectivity index (χ3n) is 6.15. The van der Waals surface area contributed by atoms with Crippen LogP contribution in [0.4, 0.5) is 0 Å². The largest absolute Gasteiger partial charge is 0.369 e. The molecule has 0 radical (unpaired) electrons. The highest BCUT2D eigenvalue weighted by Crippen LogP contribution is 2.43. The second-order valence-electron chi connectivity index (χ2n) is 8.12. The highest BCUT2D eigenvalue weighted by molar-refractivity contribution is 7.99. The number of hydrogen-bond donors (Lipinski definition) is 0. The Morgan fingerprint density at radius 1 is 1.19 bits per heavy atom. The number of thioether (sulfide) groups is 2. The van der Waals surface area contributed by atoms with E-state index in [0.717, 1.165) is 33.2 Å². The number of ether oxygens (including phenoxy) is 1. The van der Waals surface area contributed by atoms with Crippen LogP contribution in [0.15, 0.2) is 34.4 Å². The van der Waals surface area contributed by atoms with Crippen molar-refractivity contribution in [1.82, 2.24) is 14.9 Å². The molecule has 3 aromatic rings. The minimum absolute atomic E-state index is 0.179. The van der Waals surface area contributed by atoms with Gasteiger partial charge in [0.15, 0.2) is 5.16 Å². The van der Waals surface area contributed by atoms with Gasteiger partial charge in [-0.1, -0.05) is 30.8 Å². The molecule has 0 fully saturated rings. The van der Waals surface area contributed by atoms with Gasteiger partial charge in [0.1, 0.15) is 9.86 Å². The van der Waals surface area contributed by atoms with E-state index in [-0.39, 0.29) is 17.4 Å². The minimum Gasteiger partial charge on any atom is -0.369 e. The monoisotopic (exact) mass is 485 g/mol. The highest BCUT2D eigenvalue weighted by Gasteiger charge is 2.35. The van der Waals surface area contributed by atoms with Crippen LogP contribution in [-0.4, -0.2) is 50.8 Å². The summed E-state index contributed by atoms with van der Waals surface area (Å²) < 4.78 is 6.14. The zero-order chi connectivity index (χ0) is 22.5. The van der Waals surface area contributed by atoms with Gasteiger partial charge >= 0.3 is 0 Å². The van der Waals surface area contributed by atoms with Crippen LogP contribution >= 0.6 is 34.9 Å². The second-order valence-corrected chi connectivity index (χ2v) is 11.1. The molecule has 2 aliphatic heterocycles. The van der Waals surface area contributed by atoms with Crippen molar-refractivity contribution in [3.8, 4) is 0 Å². The van der Waals surface area contributed by atoms with E-state index < -0.39 is 0 Å². The number of hydrogen-bond acceptors (Lipinski definition) is 8. The van der Waals surface area contributed by atoms with Crippen molar-refractivity contribution in [3.63, 3.8) is 0 Å². The van der Waals surface area contributed by atoms with Crippen LogP contribution < -0.4 is 0 Å². The van der Waals surface area contributed by atoms with Gasteiger partial charge in [-0.2, -0.15) is 0 Å². The predicted octanol–water partition coefficient (Wildman–Crippen LogP) is 5.04. The zero-order valence-electron chi connectivity index (χ0n) is 18.1. The van der Waals surface area contributed by atoms with Gasteiger partial charge in [-0.05, 0) is 37.3 Å². The summed E-state index contributed by atoms with van der Waals surface area (Å²) in [5, 5.41) is 2.77. The molecule has 1 aromatic carbocycles. The Balaban J connectivity index is 1.41. The topological polar surface area (TPSA) is 72.4 Å². The molecule has 0 N–H and O–H groups in total. The molecule has 166 valence electrons. The second kappa shape index (κ2) is 8.44. The van der Waals surface area contributed by atoms with Crippen LogP contribution in [0.5, 0.6) is 0 Å². The standard InChI is InChI=1S/C23H23N3O3S3/c1-4-23(2)11-15-16(12-29-23)32-19-17(15)18(24-22(25-19)30-3)31-10-9-26-20(27)13-7-5-6-8-14(13)21(26)28/h5-8H,4,9-12H2,1-3H3/t23-/m1/s1. The summed E-state index contributed by atoms with van der Waals surface area (Å²) in [4.78, 5) is 38.5. The van der Waals surface area contributed by atoms with Crippen molar-refractivity contribution >= 4 is 56.9 Å².